The standard InChI is InChI=1S/C30H29Cl2N3O4S2/c31-25-15-7-9-17-29(25)40(36,37)34(21-23-11-3-1-4-12-23)27-19-33-20-28(27)35(22-24-13-5-2-6-14-24)41(38,39)30-18-10-8-16-26(30)32/h1-18,27-28,33H,19-22H2/t27-,28-/m0/s1. The van der Waals surface area contributed by atoms with Gasteiger partial charge in [-0.2, -0.15) is 8.61 Å². The molecule has 1 N–H and O–H groups in total. The third kappa shape index (κ3) is 6.36. The van der Waals surface area contributed by atoms with Crippen LogP contribution in [0, 0.1) is 0 Å². The van der Waals surface area contributed by atoms with E-state index in [0.29, 0.717) is 0 Å². The highest BCUT2D eigenvalue weighted by atomic mass is 35.5. The molecule has 0 bridgehead atoms. The Labute approximate surface area is 251 Å². The van der Waals surface area contributed by atoms with Crippen LogP contribution in [0.3, 0.4) is 0 Å². The predicted molar refractivity (Wildman–Crippen MR) is 162 cm³/mol. The first-order valence-electron chi connectivity index (χ1n) is 13.0. The van der Waals surface area contributed by atoms with Gasteiger partial charge in [0.1, 0.15) is 9.79 Å². The molecule has 41 heavy (non-hydrogen) atoms. The Kier molecular flexibility index (Phi) is 9.15. The number of halogens is 2. The largest absolute Gasteiger partial charge is 0.313 e. The second-order valence-electron chi connectivity index (χ2n) is 9.73. The number of hydrogen-bond acceptors (Lipinski definition) is 5. The van der Waals surface area contributed by atoms with E-state index in [4.69, 9.17) is 23.2 Å². The van der Waals surface area contributed by atoms with Crippen molar-refractivity contribution in [3.63, 3.8) is 0 Å². The minimum Gasteiger partial charge on any atom is -0.313 e. The number of nitrogens with one attached hydrogen (secondary N) is 1. The van der Waals surface area contributed by atoms with E-state index in [9.17, 15) is 16.8 Å². The Balaban J connectivity index is 1.63. The van der Waals surface area contributed by atoms with Crippen molar-refractivity contribution >= 4 is 43.2 Å². The zero-order valence-corrected chi connectivity index (χ0v) is 25.1. The summed E-state index contributed by atoms with van der Waals surface area (Å²) < 4.78 is 59.8. The first-order valence-corrected chi connectivity index (χ1v) is 16.6. The van der Waals surface area contributed by atoms with Crippen LogP contribution in [-0.2, 0) is 33.1 Å². The van der Waals surface area contributed by atoms with Crippen molar-refractivity contribution < 1.29 is 16.8 Å². The molecule has 5 rings (SSSR count). The van der Waals surface area contributed by atoms with Crippen LogP contribution in [-0.4, -0.2) is 50.6 Å². The zero-order valence-electron chi connectivity index (χ0n) is 22.0. The van der Waals surface area contributed by atoms with E-state index in [-0.39, 0.29) is 46.0 Å². The first kappa shape index (κ1) is 29.7. The quantitative estimate of drug-likeness (QED) is 0.253. The number of rotatable bonds is 10. The van der Waals surface area contributed by atoms with Crippen LogP contribution in [0.1, 0.15) is 11.1 Å². The lowest BCUT2D eigenvalue weighted by atomic mass is 10.1. The Morgan fingerprint density at radius 1 is 0.561 bits per heavy atom. The van der Waals surface area contributed by atoms with Gasteiger partial charge in [-0.1, -0.05) is 108 Å². The molecule has 1 aliphatic rings. The Hall–Kier alpha value is -2.76. The van der Waals surface area contributed by atoms with Crippen molar-refractivity contribution in [1.82, 2.24) is 13.9 Å². The Bertz CT molecular complexity index is 1580. The first-order chi connectivity index (χ1) is 19.7. The van der Waals surface area contributed by atoms with Gasteiger partial charge in [0.05, 0.1) is 22.1 Å². The monoisotopic (exact) mass is 629 g/mol. The lowest BCUT2D eigenvalue weighted by molar-refractivity contribution is 0.219. The summed E-state index contributed by atoms with van der Waals surface area (Å²) in [6.07, 6.45) is 0. The second-order valence-corrected chi connectivity index (χ2v) is 14.3. The zero-order chi connectivity index (χ0) is 29.0. The molecule has 7 nitrogen and oxygen atoms in total. The molecule has 4 aromatic carbocycles. The normalized spacial score (nSPS) is 17.8. The second kappa shape index (κ2) is 12.6. The van der Waals surface area contributed by atoms with Crippen LogP contribution in [0.2, 0.25) is 10.0 Å². The fraction of sp³-hybridized carbons (Fsp3) is 0.200. The van der Waals surface area contributed by atoms with Gasteiger partial charge in [-0.3, -0.25) is 0 Å². The summed E-state index contributed by atoms with van der Waals surface area (Å²) in [4.78, 5) is -0.0707. The molecule has 1 aliphatic heterocycles. The van der Waals surface area contributed by atoms with Crippen LogP contribution in [0.5, 0.6) is 0 Å². The number of hydrogen-bond donors (Lipinski definition) is 1. The third-order valence-electron chi connectivity index (χ3n) is 7.10. The average Bonchev–Trinajstić information content (AvgIpc) is 3.44. The summed E-state index contributed by atoms with van der Waals surface area (Å²) >= 11 is 12.8. The number of sulfonamides is 2. The lowest BCUT2D eigenvalue weighted by Gasteiger charge is -2.37. The maximum absolute atomic E-state index is 14.3. The summed E-state index contributed by atoms with van der Waals surface area (Å²) in [5.41, 5.74) is 1.52. The van der Waals surface area contributed by atoms with Crippen LogP contribution in [0.15, 0.2) is 119 Å². The predicted octanol–water partition coefficient (Wildman–Crippen LogP) is 5.42. The summed E-state index contributed by atoms with van der Waals surface area (Å²) in [5, 5.41) is 3.44. The van der Waals surface area contributed by atoms with E-state index < -0.39 is 32.1 Å². The van der Waals surface area contributed by atoms with Gasteiger partial charge < -0.3 is 5.32 Å². The van der Waals surface area contributed by atoms with Crippen LogP contribution in [0.25, 0.3) is 0 Å². The van der Waals surface area contributed by atoms with Crippen molar-refractivity contribution in [2.24, 2.45) is 0 Å². The Morgan fingerprint density at radius 3 is 1.27 bits per heavy atom. The van der Waals surface area contributed by atoms with Crippen LogP contribution >= 0.6 is 23.2 Å². The Morgan fingerprint density at radius 2 is 0.902 bits per heavy atom. The maximum atomic E-state index is 14.3. The summed E-state index contributed by atoms with van der Waals surface area (Å²) in [6, 6.07) is 29.5. The molecule has 214 valence electrons. The smallest absolute Gasteiger partial charge is 0.245 e. The minimum atomic E-state index is -4.16. The summed E-state index contributed by atoms with van der Waals surface area (Å²) in [7, 11) is -8.31. The molecule has 1 saturated heterocycles. The molecule has 11 heteroatoms. The molecule has 0 saturated carbocycles. The maximum Gasteiger partial charge on any atom is 0.245 e. The van der Waals surface area contributed by atoms with E-state index in [1.165, 1.54) is 32.9 Å². The number of nitrogens with zero attached hydrogens (tertiary/aromatic N) is 2. The van der Waals surface area contributed by atoms with Crippen molar-refractivity contribution in [2.75, 3.05) is 13.1 Å². The fourth-order valence-corrected chi connectivity index (χ4v) is 9.36. The van der Waals surface area contributed by atoms with Crippen LogP contribution in [0.4, 0.5) is 0 Å². The molecule has 2 atom stereocenters. The SMILES string of the molecule is O=S(=O)(c1ccccc1Cl)N(Cc1ccccc1)[C@H]1CNC[C@@H]1N(Cc1ccccc1)S(=O)(=O)c1ccccc1Cl. The molecular weight excluding hydrogens is 601 g/mol. The van der Waals surface area contributed by atoms with E-state index >= 15 is 0 Å². The minimum absolute atomic E-state index is 0.0303. The third-order valence-corrected chi connectivity index (χ3v) is 11.8. The van der Waals surface area contributed by atoms with Crippen molar-refractivity contribution in [3.8, 4) is 0 Å². The van der Waals surface area contributed by atoms with Gasteiger partial charge in [-0.25, -0.2) is 16.8 Å². The molecule has 0 amide bonds. The van der Waals surface area contributed by atoms with Crippen molar-refractivity contribution in [3.05, 3.63) is 130 Å². The van der Waals surface area contributed by atoms with E-state index in [2.05, 4.69) is 5.32 Å². The summed E-state index contributed by atoms with van der Waals surface area (Å²) in [6.45, 7) is 0.542. The van der Waals surface area contributed by atoms with Gasteiger partial charge in [-0.05, 0) is 35.4 Å². The van der Waals surface area contributed by atoms with Crippen molar-refractivity contribution in [2.45, 2.75) is 35.0 Å². The van der Waals surface area contributed by atoms with Gasteiger partial charge in [0, 0.05) is 26.2 Å². The average molecular weight is 631 g/mol. The highest BCUT2D eigenvalue weighted by Crippen LogP contribution is 2.33. The molecule has 0 aromatic heterocycles. The van der Waals surface area contributed by atoms with Gasteiger partial charge in [0.25, 0.3) is 0 Å². The van der Waals surface area contributed by atoms with Crippen LogP contribution < -0.4 is 5.32 Å². The molecule has 0 aliphatic carbocycles. The topological polar surface area (TPSA) is 86.8 Å². The molecule has 1 fully saturated rings. The van der Waals surface area contributed by atoms with Gasteiger partial charge in [-0.15, -0.1) is 0 Å². The molecule has 0 unspecified atom stereocenters. The van der Waals surface area contributed by atoms with E-state index in [1.807, 2.05) is 60.7 Å². The van der Waals surface area contributed by atoms with Gasteiger partial charge in [0.15, 0.2) is 0 Å². The number of benzene rings is 4. The lowest BCUT2D eigenvalue weighted by Crippen LogP contribution is -2.54. The van der Waals surface area contributed by atoms with Crippen molar-refractivity contribution in [1.29, 1.82) is 0 Å². The fourth-order valence-electron chi connectivity index (χ4n) is 5.09. The highest BCUT2D eigenvalue weighted by molar-refractivity contribution is 7.89. The van der Waals surface area contributed by atoms with Gasteiger partial charge in [0.2, 0.25) is 20.0 Å². The summed E-state index contributed by atoms with van der Waals surface area (Å²) in [5.74, 6) is 0. The molecule has 4 aromatic rings. The molecular formula is C30H29Cl2N3O4S2. The van der Waals surface area contributed by atoms with E-state index in [1.54, 1.807) is 24.3 Å². The van der Waals surface area contributed by atoms with Gasteiger partial charge >= 0.3 is 0 Å². The molecule has 0 radical (unpaired) electrons. The van der Waals surface area contributed by atoms with E-state index in [0.717, 1.165) is 11.1 Å². The molecule has 1 heterocycles. The highest BCUT2D eigenvalue weighted by Gasteiger charge is 2.46. The molecule has 0 spiro atoms.